The zero-order valence-electron chi connectivity index (χ0n) is 17.1. The molecule has 1 spiro atoms. The Morgan fingerprint density at radius 1 is 1.18 bits per heavy atom. The Balaban J connectivity index is 0.00000280. The topological polar surface area (TPSA) is 64.6 Å². The number of hydrogen-bond donors (Lipinski definition) is 1. The van der Waals surface area contributed by atoms with Gasteiger partial charge >= 0.3 is 5.97 Å². The lowest BCUT2D eigenvalue weighted by Crippen LogP contribution is -2.51. The van der Waals surface area contributed by atoms with E-state index >= 15 is 0 Å². The molecule has 1 unspecified atom stereocenters. The molecule has 2 aliphatic rings. The van der Waals surface area contributed by atoms with E-state index in [2.05, 4.69) is 5.32 Å². The molecule has 1 N–H and O–H groups in total. The van der Waals surface area contributed by atoms with E-state index in [1.54, 1.807) is 0 Å². The highest BCUT2D eigenvalue weighted by molar-refractivity contribution is 6.24. The van der Waals surface area contributed by atoms with Gasteiger partial charge in [0.05, 0.1) is 17.6 Å². The van der Waals surface area contributed by atoms with E-state index in [9.17, 15) is 9.59 Å². The number of ether oxygens (including phenoxy) is 2. The SMILES string of the molecule is C.Cc1cc(C)c(C2=C(OC(=O)C(C)(C)C)C3(CCCOC3)NC2=O)c(C)c1. The first-order chi connectivity index (χ1) is 12.5. The molecule has 5 nitrogen and oxygen atoms in total. The van der Waals surface area contributed by atoms with Crippen molar-refractivity contribution in [2.75, 3.05) is 13.2 Å². The highest BCUT2D eigenvalue weighted by Gasteiger charge is 2.50. The summed E-state index contributed by atoms with van der Waals surface area (Å²) < 4.78 is 11.6. The van der Waals surface area contributed by atoms with Gasteiger partial charge in [0.25, 0.3) is 5.91 Å². The Morgan fingerprint density at radius 2 is 1.79 bits per heavy atom. The molecule has 0 saturated carbocycles. The van der Waals surface area contributed by atoms with E-state index in [0.29, 0.717) is 31.0 Å². The molecule has 154 valence electrons. The van der Waals surface area contributed by atoms with E-state index in [4.69, 9.17) is 9.47 Å². The molecule has 1 aromatic rings. The quantitative estimate of drug-likeness (QED) is 0.772. The maximum absolute atomic E-state index is 13.1. The monoisotopic (exact) mass is 387 g/mol. The molecule has 28 heavy (non-hydrogen) atoms. The zero-order chi connectivity index (χ0) is 20.0. The van der Waals surface area contributed by atoms with Crippen molar-refractivity contribution < 1.29 is 19.1 Å². The highest BCUT2D eigenvalue weighted by atomic mass is 16.5. The minimum atomic E-state index is -0.769. The zero-order valence-corrected chi connectivity index (χ0v) is 17.1. The van der Waals surface area contributed by atoms with Gasteiger partial charge in [0.1, 0.15) is 11.3 Å². The molecule has 2 aliphatic heterocycles. The maximum atomic E-state index is 13.1. The van der Waals surface area contributed by atoms with E-state index in [-0.39, 0.29) is 19.3 Å². The molecular formula is C23H33NO4. The standard InChI is InChI=1S/C22H29NO4.CH4/c1-13-10-14(2)16(15(3)11-13)17-18(27-20(25)21(4,5)6)22(23-19(17)24)8-7-9-26-12-22;/h10-11H,7-9,12H2,1-6H3,(H,23,24);1H4. The highest BCUT2D eigenvalue weighted by Crippen LogP contribution is 2.42. The van der Waals surface area contributed by atoms with Crippen LogP contribution in [0.25, 0.3) is 5.57 Å². The lowest BCUT2D eigenvalue weighted by atomic mass is 9.87. The Labute approximate surface area is 168 Å². The van der Waals surface area contributed by atoms with Gasteiger partial charge in [-0.05, 0) is 71.1 Å². The summed E-state index contributed by atoms with van der Waals surface area (Å²) >= 11 is 0. The van der Waals surface area contributed by atoms with Crippen LogP contribution in [-0.4, -0.2) is 30.6 Å². The van der Waals surface area contributed by atoms with Crippen molar-refractivity contribution in [3.63, 3.8) is 0 Å². The Hall–Kier alpha value is -2.14. The fourth-order valence-corrected chi connectivity index (χ4v) is 3.95. The average Bonchev–Trinajstić information content (AvgIpc) is 2.79. The number of rotatable bonds is 2. The van der Waals surface area contributed by atoms with Crippen LogP contribution in [0.1, 0.15) is 63.3 Å². The Bertz CT molecular complexity index is 800. The molecule has 1 aromatic carbocycles. The van der Waals surface area contributed by atoms with Crippen LogP contribution in [0.4, 0.5) is 0 Å². The minimum absolute atomic E-state index is 0. The second-order valence-electron chi connectivity index (χ2n) is 8.81. The van der Waals surface area contributed by atoms with Crippen molar-refractivity contribution in [3.05, 3.63) is 40.1 Å². The van der Waals surface area contributed by atoms with E-state index in [1.807, 2.05) is 53.7 Å². The van der Waals surface area contributed by atoms with Gasteiger partial charge in [-0.2, -0.15) is 0 Å². The van der Waals surface area contributed by atoms with Crippen LogP contribution in [-0.2, 0) is 19.1 Å². The van der Waals surface area contributed by atoms with Crippen molar-refractivity contribution in [2.24, 2.45) is 5.41 Å². The molecule has 0 aliphatic carbocycles. The van der Waals surface area contributed by atoms with Gasteiger partial charge in [-0.25, -0.2) is 0 Å². The number of aryl methyl sites for hydroxylation is 3. The maximum Gasteiger partial charge on any atom is 0.316 e. The number of esters is 1. The number of carbonyl (C=O) groups excluding carboxylic acids is 2. The summed E-state index contributed by atoms with van der Waals surface area (Å²) in [6, 6.07) is 4.10. The van der Waals surface area contributed by atoms with Crippen LogP contribution in [0.3, 0.4) is 0 Å². The fourth-order valence-electron chi connectivity index (χ4n) is 3.95. The third-order valence-corrected chi connectivity index (χ3v) is 5.22. The van der Waals surface area contributed by atoms with Crippen molar-refractivity contribution in [3.8, 4) is 0 Å². The van der Waals surface area contributed by atoms with Crippen molar-refractivity contribution in [2.45, 2.75) is 67.3 Å². The van der Waals surface area contributed by atoms with Gasteiger partial charge in [-0.15, -0.1) is 0 Å². The first kappa shape index (κ1) is 22.2. The predicted octanol–water partition coefficient (Wildman–Crippen LogP) is 4.23. The molecule has 1 saturated heterocycles. The van der Waals surface area contributed by atoms with E-state index in [0.717, 1.165) is 28.7 Å². The van der Waals surface area contributed by atoms with Gasteiger partial charge in [0.2, 0.25) is 0 Å². The molecule has 3 rings (SSSR count). The van der Waals surface area contributed by atoms with Crippen LogP contribution in [0, 0.1) is 26.2 Å². The normalized spacial score (nSPS) is 22.1. The van der Waals surface area contributed by atoms with E-state index < -0.39 is 11.0 Å². The van der Waals surface area contributed by atoms with Crippen LogP contribution in [0.15, 0.2) is 17.9 Å². The summed E-state index contributed by atoms with van der Waals surface area (Å²) in [6.07, 6.45) is 1.49. The summed E-state index contributed by atoms with van der Waals surface area (Å²) in [7, 11) is 0. The molecule has 1 atom stereocenters. The lowest BCUT2D eigenvalue weighted by molar-refractivity contribution is -0.150. The first-order valence-electron chi connectivity index (χ1n) is 9.51. The van der Waals surface area contributed by atoms with Crippen LogP contribution in [0.5, 0.6) is 0 Å². The van der Waals surface area contributed by atoms with Gasteiger partial charge in [0, 0.05) is 6.61 Å². The van der Waals surface area contributed by atoms with Crippen LogP contribution in [0.2, 0.25) is 0 Å². The van der Waals surface area contributed by atoms with Crippen LogP contribution < -0.4 is 5.32 Å². The summed E-state index contributed by atoms with van der Waals surface area (Å²) in [6.45, 7) is 12.4. The van der Waals surface area contributed by atoms with Crippen molar-refractivity contribution >= 4 is 17.4 Å². The largest absolute Gasteiger partial charge is 0.427 e. The van der Waals surface area contributed by atoms with Gasteiger partial charge in [0.15, 0.2) is 0 Å². The number of hydrogen-bond acceptors (Lipinski definition) is 4. The second kappa shape index (κ2) is 7.70. The summed E-state index contributed by atoms with van der Waals surface area (Å²) in [5.41, 5.74) is 3.00. The van der Waals surface area contributed by atoms with Crippen LogP contribution >= 0.6 is 0 Å². The minimum Gasteiger partial charge on any atom is -0.427 e. The molecule has 5 heteroatoms. The average molecular weight is 388 g/mol. The molecule has 0 bridgehead atoms. The number of carbonyl (C=O) groups is 2. The van der Waals surface area contributed by atoms with E-state index in [1.165, 1.54) is 0 Å². The smallest absolute Gasteiger partial charge is 0.316 e. The first-order valence-corrected chi connectivity index (χ1v) is 9.51. The molecule has 0 aromatic heterocycles. The molecule has 2 heterocycles. The lowest BCUT2D eigenvalue weighted by Gasteiger charge is -2.35. The molecular weight excluding hydrogens is 354 g/mol. The molecule has 1 fully saturated rings. The number of nitrogens with one attached hydrogen (secondary N) is 1. The molecule has 0 radical (unpaired) electrons. The van der Waals surface area contributed by atoms with Crippen molar-refractivity contribution in [1.29, 1.82) is 0 Å². The fraction of sp³-hybridized carbons (Fsp3) is 0.565. The number of benzene rings is 1. The van der Waals surface area contributed by atoms with Gasteiger partial charge in [-0.3, -0.25) is 9.59 Å². The third-order valence-electron chi connectivity index (χ3n) is 5.22. The predicted molar refractivity (Wildman–Crippen MR) is 111 cm³/mol. The Kier molecular flexibility index (Phi) is 6.10. The third kappa shape index (κ3) is 3.86. The summed E-state index contributed by atoms with van der Waals surface area (Å²) in [5.74, 6) is -0.131. The van der Waals surface area contributed by atoms with Gasteiger partial charge in [-0.1, -0.05) is 25.1 Å². The summed E-state index contributed by atoms with van der Waals surface area (Å²) in [4.78, 5) is 25.8. The second-order valence-corrected chi connectivity index (χ2v) is 8.81. The van der Waals surface area contributed by atoms with Crippen molar-refractivity contribution in [1.82, 2.24) is 5.32 Å². The summed E-state index contributed by atoms with van der Waals surface area (Å²) in [5, 5.41) is 3.08. The van der Waals surface area contributed by atoms with Gasteiger partial charge < -0.3 is 14.8 Å². The number of amides is 1. The molecule has 1 amide bonds. The Morgan fingerprint density at radius 3 is 2.29 bits per heavy atom.